The van der Waals surface area contributed by atoms with E-state index in [1.807, 2.05) is 13.8 Å². The summed E-state index contributed by atoms with van der Waals surface area (Å²) in [7, 11) is -3.52. The summed E-state index contributed by atoms with van der Waals surface area (Å²) < 4.78 is 21.5. The van der Waals surface area contributed by atoms with Crippen LogP contribution in [0.5, 0.6) is 0 Å². The minimum absolute atomic E-state index is 0.0819. The molecule has 0 bridgehead atoms. The van der Waals surface area contributed by atoms with Crippen LogP contribution in [0.3, 0.4) is 0 Å². The molecule has 0 radical (unpaired) electrons. The van der Waals surface area contributed by atoms with Gasteiger partial charge in [0.1, 0.15) is 0 Å². The fourth-order valence-corrected chi connectivity index (χ4v) is 3.94. The highest BCUT2D eigenvalue weighted by atomic mass is 32.2. The molecule has 1 aliphatic carbocycles. The van der Waals surface area contributed by atoms with E-state index in [1.165, 1.54) is 0 Å². The van der Waals surface area contributed by atoms with E-state index < -0.39 is 20.6 Å². The van der Waals surface area contributed by atoms with Crippen LogP contribution >= 0.6 is 0 Å². The Morgan fingerprint density at radius 3 is 1.87 bits per heavy atom. The minimum atomic E-state index is -3.52. The molecule has 5 heteroatoms. The fraction of sp³-hybridized carbons (Fsp3) is 0.900. The second kappa shape index (κ2) is 3.47. The minimum Gasteiger partial charge on any atom is -0.480 e. The normalized spacial score (nSPS) is 23.1. The average Bonchev–Trinajstić information content (AvgIpc) is 2.01. The van der Waals surface area contributed by atoms with Crippen molar-refractivity contribution < 1.29 is 18.3 Å². The molecule has 0 heterocycles. The molecule has 0 aliphatic heterocycles. The van der Waals surface area contributed by atoms with Crippen molar-refractivity contribution in [3.8, 4) is 0 Å². The Labute approximate surface area is 90.6 Å². The summed E-state index contributed by atoms with van der Waals surface area (Å²) in [6.07, 6.45) is 3.24. The largest absolute Gasteiger partial charge is 0.480 e. The number of hydrogen-bond donors (Lipinski definition) is 1. The van der Waals surface area contributed by atoms with Crippen LogP contribution in [0.4, 0.5) is 0 Å². The molecule has 15 heavy (non-hydrogen) atoms. The van der Waals surface area contributed by atoms with Crippen LogP contribution in [0.1, 0.15) is 39.5 Å². The molecule has 0 unspecified atom stereocenters. The highest BCUT2D eigenvalue weighted by Crippen LogP contribution is 2.56. The zero-order valence-electron chi connectivity index (χ0n) is 9.41. The smallest absolute Gasteiger partial charge is 0.325 e. The molecule has 0 aromatic rings. The molecule has 0 spiro atoms. The second-order valence-electron chi connectivity index (χ2n) is 4.63. The molecule has 1 fully saturated rings. The van der Waals surface area contributed by atoms with Crippen molar-refractivity contribution in [2.24, 2.45) is 5.41 Å². The number of carboxylic acids is 1. The predicted octanol–water partition coefficient (Wildman–Crippen LogP) is 1.45. The van der Waals surface area contributed by atoms with Gasteiger partial charge in [-0.2, -0.15) is 0 Å². The highest BCUT2D eigenvalue weighted by Gasteiger charge is 2.63. The summed E-state index contributed by atoms with van der Waals surface area (Å²) in [5, 5.41) is 9.06. The van der Waals surface area contributed by atoms with Crippen molar-refractivity contribution >= 4 is 15.8 Å². The molecular weight excluding hydrogens is 216 g/mol. The van der Waals surface area contributed by atoms with Gasteiger partial charge in [-0.25, -0.2) is 8.42 Å². The maximum absolute atomic E-state index is 11.5. The molecular formula is C10H18O4S. The van der Waals surface area contributed by atoms with Crippen molar-refractivity contribution in [1.29, 1.82) is 0 Å². The van der Waals surface area contributed by atoms with Crippen LogP contribution in [0.15, 0.2) is 0 Å². The average molecular weight is 234 g/mol. The third-order valence-corrected chi connectivity index (χ3v) is 5.80. The number of sulfone groups is 1. The third-order valence-electron chi connectivity index (χ3n) is 3.92. The molecule has 0 aromatic carbocycles. The van der Waals surface area contributed by atoms with Gasteiger partial charge in [0.25, 0.3) is 0 Å². The Morgan fingerprint density at radius 2 is 1.67 bits per heavy atom. The van der Waals surface area contributed by atoms with Crippen molar-refractivity contribution in [1.82, 2.24) is 0 Å². The Bertz CT molecular complexity index is 357. The van der Waals surface area contributed by atoms with Crippen molar-refractivity contribution in [3.63, 3.8) is 0 Å². The lowest BCUT2D eigenvalue weighted by Crippen LogP contribution is -2.60. The Kier molecular flexibility index (Phi) is 2.89. The van der Waals surface area contributed by atoms with Crippen LogP contribution in [-0.4, -0.2) is 30.5 Å². The summed E-state index contributed by atoms with van der Waals surface area (Å²) in [5.41, 5.74) is -0.0819. The van der Waals surface area contributed by atoms with E-state index >= 15 is 0 Å². The first-order valence-corrected chi connectivity index (χ1v) is 7.05. The SMILES string of the molecule is CCC1(CC)CC(C(=O)O)(S(C)(=O)=O)C1. The molecule has 0 atom stereocenters. The Morgan fingerprint density at radius 1 is 1.27 bits per heavy atom. The van der Waals surface area contributed by atoms with Gasteiger partial charge in [0.05, 0.1) is 0 Å². The number of carboxylic acid groups (broad SMARTS) is 1. The zero-order chi connectivity index (χ0) is 11.9. The second-order valence-corrected chi connectivity index (χ2v) is 6.96. The molecule has 4 nitrogen and oxygen atoms in total. The summed E-state index contributed by atoms with van der Waals surface area (Å²) in [6, 6.07) is 0. The summed E-state index contributed by atoms with van der Waals surface area (Å²) in [5.74, 6) is -1.19. The molecule has 0 aromatic heterocycles. The maximum atomic E-state index is 11.5. The number of rotatable bonds is 4. The van der Waals surface area contributed by atoms with E-state index in [2.05, 4.69) is 0 Å². The lowest BCUT2D eigenvalue weighted by atomic mass is 9.58. The van der Waals surface area contributed by atoms with Gasteiger partial charge in [-0.3, -0.25) is 4.79 Å². The fourth-order valence-electron chi connectivity index (χ4n) is 2.48. The van der Waals surface area contributed by atoms with Crippen molar-refractivity contribution in [3.05, 3.63) is 0 Å². The van der Waals surface area contributed by atoms with Crippen molar-refractivity contribution in [2.75, 3.05) is 6.26 Å². The highest BCUT2D eigenvalue weighted by molar-refractivity contribution is 7.93. The molecule has 0 saturated heterocycles. The zero-order valence-corrected chi connectivity index (χ0v) is 10.2. The van der Waals surface area contributed by atoms with E-state index in [0.29, 0.717) is 0 Å². The van der Waals surface area contributed by atoms with Crippen LogP contribution in [0.25, 0.3) is 0 Å². The van der Waals surface area contributed by atoms with Gasteiger partial charge in [-0.1, -0.05) is 26.7 Å². The molecule has 88 valence electrons. The summed E-state index contributed by atoms with van der Waals surface area (Å²) in [4.78, 5) is 11.1. The summed E-state index contributed by atoms with van der Waals surface area (Å²) in [6.45, 7) is 3.97. The van der Waals surface area contributed by atoms with Gasteiger partial charge in [-0.15, -0.1) is 0 Å². The monoisotopic (exact) mass is 234 g/mol. The predicted molar refractivity (Wildman–Crippen MR) is 57.5 cm³/mol. The molecule has 0 amide bonds. The van der Waals surface area contributed by atoms with E-state index in [0.717, 1.165) is 19.1 Å². The molecule has 1 rings (SSSR count). The summed E-state index contributed by atoms with van der Waals surface area (Å²) >= 11 is 0. The number of carbonyl (C=O) groups is 1. The van der Waals surface area contributed by atoms with E-state index in [9.17, 15) is 13.2 Å². The van der Waals surface area contributed by atoms with E-state index in [-0.39, 0.29) is 18.3 Å². The Balaban J connectivity index is 3.02. The number of aliphatic carboxylic acids is 1. The maximum Gasteiger partial charge on any atom is 0.325 e. The van der Waals surface area contributed by atoms with Gasteiger partial charge >= 0.3 is 5.97 Å². The van der Waals surface area contributed by atoms with Gasteiger partial charge in [0.2, 0.25) is 0 Å². The van der Waals surface area contributed by atoms with E-state index in [4.69, 9.17) is 5.11 Å². The standard InChI is InChI=1S/C10H18O4S/c1-4-9(5-2)6-10(7-9,8(11)12)15(3,13)14/h4-7H2,1-3H3,(H,11,12). The van der Waals surface area contributed by atoms with Crippen LogP contribution in [0, 0.1) is 5.41 Å². The van der Waals surface area contributed by atoms with Gasteiger partial charge in [0.15, 0.2) is 14.6 Å². The van der Waals surface area contributed by atoms with Crippen molar-refractivity contribution in [2.45, 2.75) is 44.3 Å². The third kappa shape index (κ3) is 1.67. The molecule has 1 aliphatic rings. The first kappa shape index (κ1) is 12.5. The van der Waals surface area contributed by atoms with Crippen LogP contribution < -0.4 is 0 Å². The molecule has 1 N–H and O–H groups in total. The van der Waals surface area contributed by atoms with Gasteiger partial charge in [-0.05, 0) is 18.3 Å². The van der Waals surface area contributed by atoms with E-state index in [1.54, 1.807) is 0 Å². The lowest BCUT2D eigenvalue weighted by Gasteiger charge is -2.52. The van der Waals surface area contributed by atoms with Crippen LogP contribution in [0.2, 0.25) is 0 Å². The van der Waals surface area contributed by atoms with Gasteiger partial charge < -0.3 is 5.11 Å². The topological polar surface area (TPSA) is 71.4 Å². The first-order valence-electron chi connectivity index (χ1n) is 5.16. The van der Waals surface area contributed by atoms with Crippen LogP contribution in [-0.2, 0) is 14.6 Å². The number of hydrogen-bond acceptors (Lipinski definition) is 3. The van der Waals surface area contributed by atoms with Gasteiger partial charge in [0, 0.05) is 6.26 Å². The molecule has 1 saturated carbocycles. The quantitative estimate of drug-likeness (QED) is 0.799. The lowest BCUT2D eigenvalue weighted by molar-refractivity contribution is -0.147. The Hall–Kier alpha value is -0.580. The first-order chi connectivity index (χ1) is 6.73.